The summed E-state index contributed by atoms with van der Waals surface area (Å²) >= 11 is 0. The van der Waals surface area contributed by atoms with Crippen LogP contribution in [0.2, 0.25) is 0 Å². The lowest BCUT2D eigenvalue weighted by atomic mass is 10.3. The standard InChI is InChI=1S/C8H18N2O4S.CH5NO3S/c1-4-5-10(2,3)6-8(11)9-7-15(12,13)14;2-1-6(3,4)5/h4-7H2,1-3H3,(H-,9,11,12,13,14);1-2H2,(H,3,4,5). The molecule has 0 spiro atoms. The molecule has 0 aliphatic rings. The van der Waals surface area contributed by atoms with Crippen molar-refractivity contribution in [1.29, 1.82) is 0 Å². The van der Waals surface area contributed by atoms with Crippen LogP contribution in [-0.2, 0) is 25.0 Å². The maximum absolute atomic E-state index is 11.3. The summed E-state index contributed by atoms with van der Waals surface area (Å²) < 4.78 is 57.8. The van der Waals surface area contributed by atoms with E-state index in [2.05, 4.69) is 11.1 Å². The number of carbonyl (C=O) groups is 1. The number of likely N-dealkylation sites (N-methyl/N-ethyl adjacent to an activating group) is 1. The minimum absolute atomic E-state index is 0.170. The molecule has 0 saturated carbocycles. The smallest absolute Gasteiger partial charge is 0.277 e. The lowest BCUT2D eigenvalue weighted by molar-refractivity contribution is -0.882. The molecule has 128 valence electrons. The Kier molecular flexibility index (Phi) is 9.93. The molecule has 0 saturated heterocycles. The molecule has 0 rings (SSSR count). The second kappa shape index (κ2) is 9.27. The Morgan fingerprint density at radius 3 is 2.00 bits per heavy atom. The number of nitrogens with two attached hydrogens (primary N) is 1. The van der Waals surface area contributed by atoms with Crippen molar-refractivity contribution in [2.24, 2.45) is 5.73 Å². The number of amides is 1. The number of hydrogen-bond donors (Lipinski definition) is 3. The zero-order chi connectivity index (χ0) is 17.3. The highest BCUT2D eigenvalue weighted by atomic mass is 32.2. The summed E-state index contributed by atoms with van der Waals surface area (Å²) in [5.41, 5.74) is 4.47. The van der Waals surface area contributed by atoms with Crippen molar-refractivity contribution < 1.29 is 35.2 Å². The van der Waals surface area contributed by atoms with E-state index in [1.165, 1.54) is 0 Å². The normalized spacial score (nSPS) is 12.3. The van der Waals surface area contributed by atoms with Crippen LogP contribution in [-0.4, -0.2) is 75.3 Å². The molecule has 0 bridgehead atoms. The molecule has 0 fully saturated rings. The molecule has 0 atom stereocenters. The van der Waals surface area contributed by atoms with Crippen LogP contribution in [0.1, 0.15) is 13.3 Å². The van der Waals surface area contributed by atoms with Crippen molar-refractivity contribution in [2.45, 2.75) is 13.3 Å². The van der Waals surface area contributed by atoms with E-state index in [1.807, 2.05) is 21.0 Å². The van der Waals surface area contributed by atoms with E-state index >= 15 is 0 Å². The largest absolute Gasteiger partial charge is 0.747 e. The van der Waals surface area contributed by atoms with Crippen LogP contribution < -0.4 is 11.1 Å². The molecule has 0 unspecified atom stereocenters. The van der Waals surface area contributed by atoms with E-state index < -0.39 is 37.9 Å². The Morgan fingerprint density at radius 2 is 1.71 bits per heavy atom. The van der Waals surface area contributed by atoms with Gasteiger partial charge in [-0.3, -0.25) is 9.35 Å². The van der Waals surface area contributed by atoms with Crippen LogP contribution in [0.5, 0.6) is 0 Å². The summed E-state index contributed by atoms with van der Waals surface area (Å²) in [7, 11) is -4.52. The Morgan fingerprint density at radius 1 is 1.29 bits per heavy atom. The molecule has 0 aromatic heterocycles. The number of rotatable bonds is 7. The van der Waals surface area contributed by atoms with Crippen molar-refractivity contribution in [1.82, 2.24) is 5.32 Å². The van der Waals surface area contributed by atoms with Gasteiger partial charge in [-0.15, -0.1) is 0 Å². The average molecular weight is 349 g/mol. The Bertz CT molecular complexity index is 513. The van der Waals surface area contributed by atoms with E-state index in [0.717, 1.165) is 13.0 Å². The van der Waals surface area contributed by atoms with Gasteiger partial charge >= 0.3 is 0 Å². The van der Waals surface area contributed by atoms with Gasteiger partial charge in [0.2, 0.25) is 0 Å². The summed E-state index contributed by atoms with van der Waals surface area (Å²) in [5, 5.41) is 2.08. The van der Waals surface area contributed by atoms with E-state index in [4.69, 9.17) is 4.55 Å². The van der Waals surface area contributed by atoms with Gasteiger partial charge in [-0.25, -0.2) is 8.42 Å². The highest BCUT2D eigenvalue weighted by molar-refractivity contribution is 7.85. The lowest BCUT2D eigenvalue weighted by Gasteiger charge is -2.28. The molecule has 4 N–H and O–H groups in total. The molecule has 1 amide bonds. The van der Waals surface area contributed by atoms with Gasteiger partial charge in [0.05, 0.1) is 20.6 Å². The van der Waals surface area contributed by atoms with Crippen molar-refractivity contribution in [2.75, 3.05) is 38.9 Å². The van der Waals surface area contributed by atoms with Crippen molar-refractivity contribution in [3.05, 3.63) is 0 Å². The van der Waals surface area contributed by atoms with Gasteiger partial charge in [0.1, 0.15) is 21.9 Å². The fourth-order valence-corrected chi connectivity index (χ4v) is 1.64. The first kappa shape index (κ1) is 22.5. The van der Waals surface area contributed by atoms with Gasteiger partial charge in [0.15, 0.2) is 6.54 Å². The lowest BCUT2D eigenvalue weighted by Crippen LogP contribution is -2.48. The SMILES string of the molecule is CCC[N+](C)(C)CC(=O)NCS(=O)(=O)[O-].NCS(=O)(=O)O. The van der Waals surface area contributed by atoms with Crippen LogP contribution in [0.4, 0.5) is 0 Å². The quantitative estimate of drug-likeness (QED) is 0.346. The molecule has 0 radical (unpaired) electrons. The van der Waals surface area contributed by atoms with Crippen molar-refractivity contribution in [3.63, 3.8) is 0 Å². The maximum Gasteiger partial charge on any atom is 0.277 e. The summed E-state index contributed by atoms with van der Waals surface area (Å²) in [6, 6.07) is 0. The van der Waals surface area contributed by atoms with Crippen molar-refractivity contribution in [3.8, 4) is 0 Å². The third-order valence-corrected chi connectivity index (χ3v) is 2.98. The fourth-order valence-electron chi connectivity index (χ4n) is 1.30. The number of nitrogens with one attached hydrogen (secondary N) is 1. The first-order chi connectivity index (χ1) is 9.22. The van der Waals surface area contributed by atoms with Gasteiger partial charge < -0.3 is 20.1 Å². The summed E-state index contributed by atoms with van der Waals surface area (Å²) in [6.45, 7) is 2.99. The molecular formula is C9H23N3O7S2. The van der Waals surface area contributed by atoms with E-state index in [9.17, 15) is 26.2 Å². The zero-order valence-electron chi connectivity index (χ0n) is 12.3. The molecule has 10 nitrogen and oxygen atoms in total. The molecule has 0 aliphatic heterocycles. The van der Waals surface area contributed by atoms with Crippen LogP contribution in [0.15, 0.2) is 0 Å². The monoisotopic (exact) mass is 349 g/mol. The second-order valence-corrected chi connectivity index (χ2v) is 7.77. The van der Waals surface area contributed by atoms with Gasteiger partial charge in [0, 0.05) is 0 Å². The molecule has 21 heavy (non-hydrogen) atoms. The fraction of sp³-hybridized carbons (Fsp3) is 0.889. The Hall–Kier alpha value is -0.790. The number of nitrogens with zero attached hydrogens (tertiary/aromatic N) is 1. The van der Waals surface area contributed by atoms with Crippen molar-refractivity contribution >= 4 is 26.1 Å². The Balaban J connectivity index is 0. The topological polar surface area (TPSA) is 167 Å². The van der Waals surface area contributed by atoms with Gasteiger partial charge in [-0.2, -0.15) is 8.42 Å². The number of quaternary nitrogens is 1. The maximum atomic E-state index is 11.3. The minimum Gasteiger partial charge on any atom is -0.747 e. The second-order valence-electron chi connectivity index (χ2n) is 4.87. The molecule has 12 heteroatoms. The van der Waals surface area contributed by atoms with E-state index in [-0.39, 0.29) is 6.54 Å². The van der Waals surface area contributed by atoms with Crippen LogP contribution >= 0.6 is 0 Å². The summed E-state index contributed by atoms with van der Waals surface area (Å²) in [6.07, 6.45) is 0.931. The summed E-state index contributed by atoms with van der Waals surface area (Å²) in [4.78, 5) is 11.3. The predicted octanol–water partition coefficient (Wildman–Crippen LogP) is -2.12. The van der Waals surface area contributed by atoms with Crippen LogP contribution in [0.3, 0.4) is 0 Å². The zero-order valence-corrected chi connectivity index (χ0v) is 13.9. The van der Waals surface area contributed by atoms with Crippen LogP contribution in [0.25, 0.3) is 0 Å². The summed E-state index contributed by atoms with van der Waals surface area (Å²) in [5.74, 6) is -1.96. The molecule has 0 aromatic carbocycles. The first-order valence-corrected chi connectivity index (χ1v) is 9.08. The third kappa shape index (κ3) is 19.2. The first-order valence-electron chi connectivity index (χ1n) is 5.90. The molecule has 0 heterocycles. The average Bonchev–Trinajstić information content (AvgIpc) is 2.24. The predicted molar refractivity (Wildman–Crippen MR) is 75.4 cm³/mol. The van der Waals surface area contributed by atoms with Gasteiger partial charge in [-0.05, 0) is 6.42 Å². The number of carbonyl (C=O) groups excluding carboxylic acids is 1. The van der Waals surface area contributed by atoms with Gasteiger partial charge in [-0.1, -0.05) is 6.92 Å². The highest BCUT2D eigenvalue weighted by Crippen LogP contribution is 1.98. The Labute approximate surface area is 125 Å². The molecule has 0 aliphatic carbocycles. The molecular weight excluding hydrogens is 326 g/mol. The van der Waals surface area contributed by atoms with Crippen LogP contribution in [0, 0.1) is 0 Å². The minimum atomic E-state index is -4.38. The third-order valence-electron chi connectivity index (χ3n) is 2.06. The van der Waals surface area contributed by atoms with E-state index in [0.29, 0.717) is 4.48 Å². The van der Waals surface area contributed by atoms with Gasteiger partial charge in [0.25, 0.3) is 16.0 Å². The number of hydrogen-bond acceptors (Lipinski definition) is 7. The highest BCUT2D eigenvalue weighted by Gasteiger charge is 2.18. The molecule has 0 aromatic rings. The van der Waals surface area contributed by atoms with E-state index in [1.54, 1.807) is 0 Å².